The highest BCUT2D eigenvalue weighted by molar-refractivity contribution is 6.02. The van der Waals surface area contributed by atoms with Crippen LogP contribution in [0.25, 0.3) is 0 Å². The standard InChI is InChI=1S/C17H23NO6/c1-10(19)18-12-8-14(23-6)13(22-5)7-11(12)16(21)24-9-15(20)17(2,3)4/h7-8H,9H2,1-6H3,(H,18,19). The summed E-state index contributed by atoms with van der Waals surface area (Å²) in [6, 6.07) is 2.86. The van der Waals surface area contributed by atoms with Crippen molar-refractivity contribution in [1.29, 1.82) is 0 Å². The van der Waals surface area contributed by atoms with E-state index in [0.717, 1.165) is 0 Å². The van der Waals surface area contributed by atoms with Crippen LogP contribution in [0.2, 0.25) is 0 Å². The summed E-state index contributed by atoms with van der Waals surface area (Å²) >= 11 is 0. The molecule has 7 heteroatoms. The van der Waals surface area contributed by atoms with Crippen molar-refractivity contribution in [3.05, 3.63) is 17.7 Å². The predicted molar refractivity (Wildman–Crippen MR) is 88.6 cm³/mol. The second kappa shape index (κ2) is 7.81. The second-order valence-corrected chi connectivity index (χ2v) is 6.18. The van der Waals surface area contributed by atoms with E-state index in [1.165, 1.54) is 33.3 Å². The number of carbonyl (C=O) groups excluding carboxylic acids is 3. The number of Topliss-reactive ketones (excluding diaryl/α,β-unsaturated/α-hetero) is 1. The topological polar surface area (TPSA) is 90.9 Å². The Bertz CT molecular complexity index is 645. The van der Waals surface area contributed by atoms with Gasteiger partial charge in [-0.25, -0.2) is 4.79 Å². The number of methoxy groups -OCH3 is 2. The predicted octanol–water partition coefficient (Wildman–Crippen LogP) is 2.43. The minimum atomic E-state index is -0.739. The van der Waals surface area contributed by atoms with Crippen molar-refractivity contribution in [1.82, 2.24) is 0 Å². The molecule has 1 aromatic carbocycles. The Balaban J connectivity index is 3.12. The van der Waals surface area contributed by atoms with Crippen molar-refractivity contribution in [2.24, 2.45) is 5.41 Å². The summed E-state index contributed by atoms with van der Waals surface area (Å²) in [5.74, 6) is -0.652. The van der Waals surface area contributed by atoms with Crippen molar-refractivity contribution in [3.8, 4) is 11.5 Å². The normalized spacial score (nSPS) is 10.8. The molecule has 0 aromatic heterocycles. The quantitative estimate of drug-likeness (QED) is 0.802. The molecule has 1 aromatic rings. The monoisotopic (exact) mass is 337 g/mol. The summed E-state index contributed by atoms with van der Waals surface area (Å²) in [6.45, 7) is 6.18. The van der Waals surface area contributed by atoms with E-state index in [9.17, 15) is 14.4 Å². The van der Waals surface area contributed by atoms with Crippen LogP contribution in [0.15, 0.2) is 12.1 Å². The van der Waals surface area contributed by atoms with Crippen molar-refractivity contribution < 1.29 is 28.6 Å². The zero-order chi connectivity index (χ0) is 18.5. The third-order valence-electron chi connectivity index (χ3n) is 3.23. The maximum absolute atomic E-state index is 12.3. The lowest BCUT2D eigenvalue weighted by atomic mass is 9.91. The summed E-state index contributed by atoms with van der Waals surface area (Å²) < 4.78 is 15.4. The van der Waals surface area contributed by atoms with Gasteiger partial charge in [0.2, 0.25) is 5.91 Å². The number of ether oxygens (including phenoxy) is 3. The largest absolute Gasteiger partial charge is 0.493 e. The molecule has 0 aliphatic carbocycles. The van der Waals surface area contributed by atoms with Gasteiger partial charge in [0.1, 0.15) is 0 Å². The van der Waals surface area contributed by atoms with E-state index in [-0.39, 0.29) is 29.5 Å². The summed E-state index contributed by atoms with van der Waals surface area (Å²) in [5.41, 5.74) is -0.323. The first-order valence-corrected chi connectivity index (χ1v) is 7.34. The van der Waals surface area contributed by atoms with Crippen LogP contribution in [-0.4, -0.2) is 38.5 Å². The van der Waals surface area contributed by atoms with Gasteiger partial charge in [0, 0.05) is 24.5 Å². The molecule has 0 saturated heterocycles. The molecule has 0 saturated carbocycles. The lowest BCUT2D eigenvalue weighted by molar-refractivity contribution is -0.129. The molecule has 0 atom stereocenters. The lowest BCUT2D eigenvalue weighted by Gasteiger charge is -2.17. The smallest absolute Gasteiger partial charge is 0.340 e. The summed E-state index contributed by atoms with van der Waals surface area (Å²) in [5, 5.41) is 2.54. The van der Waals surface area contributed by atoms with E-state index >= 15 is 0 Å². The van der Waals surface area contributed by atoms with Gasteiger partial charge in [0.25, 0.3) is 0 Å². The van der Waals surface area contributed by atoms with Crippen molar-refractivity contribution in [2.75, 3.05) is 26.1 Å². The minimum absolute atomic E-state index is 0.0737. The van der Waals surface area contributed by atoms with Crippen molar-refractivity contribution in [2.45, 2.75) is 27.7 Å². The molecule has 0 aliphatic rings. The Hall–Kier alpha value is -2.57. The van der Waals surface area contributed by atoms with E-state index in [4.69, 9.17) is 14.2 Å². The van der Waals surface area contributed by atoms with Crippen LogP contribution in [0, 0.1) is 5.41 Å². The molecule has 1 amide bonds. The number of benzene rings is 1. The first kappa shape index (κ1) is 19.5. The van der Waals surface area contributed by atoms with E-state index in [1.54, 1.807) is 20.8 Å². The molecule has 24 heavy (non-hydrogen) atoms. The molecule has 0 unspecified atom stereocenters. The number of anilines is 1. The van der Waals surface area contributed by atoms with Gasteiger partial charge in [-0.05, 0) is 0 Å². The summed E-state index contributed by atoms with van der Waals surface area (Å²) in [4.78, 5) is 35.6. The maximum atomic E-state index is 12.3. The van der Waals surface area contributed by atoms with Crippen molar-refractivity contribution >= 4 is 23.3 Å². The third-order valence-corrected chi connectivity index (χ3v) is 3.23. The molecular formula is C17H23NO6. The number of esters is 1. The molecule has 1 N–H and O–H groups in total. The molecule has 1 rings (SSSR count). The van der Waals surface area contributed by atoms with Crippen LogP contribution in [-0.2, 0) is 14.3 Å². The molecule has 0 spiro atoms. The van der Waals surface area contributed by atoms with Crippen LogP contribution < -0.4 is 14.8 Å². The van der Waals surface area contributed by atoms with Crippen LogP contribution in [0.3, 0.4) is 0 Å². The summed E-state index contributed by atoms with van der Waals surface area (Å²) in [7, 11) is 2.86. The van der Waals surface area contributed by atoms with Crippen molar-refractivity contribution in [3.63, 3.8) is 0 Å². The third kappa shape index (κ3) is 4.97. The van der Waals surface area contributed by atoms with E-state index in [0.29, 0.717) is 11.5 Å². The molecular weight excluding hydrogens is 314 g/mol. The molecule has 0 aliphatic heterocycles. The van der Waals surface area contributed by atoms with Crippen LogP contribution in [0.5, 0.6) is 11.5 Å². The van der Waals surface area contributed by atoms with Crippen LogP contribution in [0.4, 0.5) is 5.69 Å². The number of carbonyl (C=O) groups is 3. The van der Waals surface area contributed by atoms with Gasteiger partial charge < -0.3 is 19.5 Å². The van der Waals surface area contributed by atoms with Gasteiger partial charge in [0.05, 0.1) is 25.5 Å². The zero-order valence-electron chi connectivity index (χ0n) is 14.8. The summed E-state index contributed by atoms with van der Waals surface area (Å²) in [6.07, 6.45) is 0. The molecule has 0 heterocycles. The first-order chi connectivity index (χ1) is 11.1. The fourth-order valence-electron chi connectivity index (χ4n) is 1.77. The fourth-order valence-corrected chi connectivity index (χ4v) is 1.77. The Kier molecular flexibility index (Phi) is 6.34. The molecule has 0 bridgehead atoms. The van der Waals surface area contributed by atoms with Gasteiger partial charge in [-0.2, -0.15) is 0 Å². The highest BCUT2D eigenvalue weighted by Crippen LogP contribution is 2.33. The van der Waals surface area contributed by atoms with Gasteiger partial charge in [-0.15, -0.1) is 0 Å². The zero-order valence-corrected chi connectivity index (χ0v) is 14.8. The number of rotatable bonds is 6. The van der Waals surface area contributed by atoms with E-state index in [1.807, 2.05) is 0 Å². The number of nitrogens with one attached hydrogen (secondary N) is 1. The molecule has 7 nitrogen and oxygen atoms in total. The minimum Gasteiger partial charge on any atom is -0.493 e. The lowest BCUT2D eigenvalue weighted by Crippen LogP contribution is -2.26. The number of amides is 1. The SMILES string of the molecule is COc1cc(NC(C)=O)c(C(=O)OCC(=O)C(C)(C)C)cc1OC. The average Bonchev–Trinajstić information content (AvgIpc) is 2.50. The molecule has 0 fully saturated rings. The Morgan fingerprint density at radius 2 is 1.58 bits per heavy atom. The van der Waals surface area contributed by atoms with Crippen LogP contribution in [0.1, 0.15) is 38.1 Å². The first-order valence-electron chi connectivity index (χ1n) is 7.34. The van der Waals surface area contributed by atoms with Gasteiger partial charge in [-0.3, -0.25) is 9.59 Å². The highest BCUT2D eigenvalue weighted by atomic mass is 16.5. The van der Waals surface area contributed by atoms with Gasteiger partial charge in [-0.1, -0.05) is 20.8 Å². The van der Waals surface area contributed by atoms with Gasteiger partial charge >= 0.3 is 5.97 Å². The Morgan fingerprint density at radius 3 is 2.04 bits per heavy atom. The van der Waals surface area contributed by atoms with E-state index < -0.39 is 11.4 Å². The number of hydrogen-bond acceptors (Lipinski definition) is 6. The van der Waals surface area contributed by atoms with Gasteiger partial charge in [0.15, 0.2) is 23.9 Å². The maximum Gasteiger partial charge on any atom is 0.340 e. The second-order valence-electron chi connectivity index (χ2n) is 6.18. The Labute approximate surface area is 141 Å². The number of hydrogen-bond donors (Lipinski definition) is 1. The van der Waals surface area contributed by atoms with Crippen LogP contribution >= 0.6 is 0 Å². The van der Waals surface area contributed by atoms with E-state index in [2.05, 4.69) is 5.32 Å². The number of ketones is 1. The fraction of sp³-hybridized carbons (Fsp3) is 0.471. The average molecular weight is 337 g/mol. The Morgan fingerprint density at radius 1 is 1.04 bits per heavy atom. The highest BCUT2D eigenvalue weighted by Gasteiger charge is 2.24. The molecule has 0 radical (unpaired) electrons. The molecule has 132 valence electrons.